The second-order valence-corrected chi connectivity index (χ2v) is 7.60. The number of halogens is 3. The van der Waals surface area contributed by atoms with Crippen LogP contribution in [-0.4, -0.2) is 10.2 Å². The summed E-state index contributed by atoms with van der Waals surface area (Å²) >= 11 is 6.47. The van der Waals surface area contributed by atoms with Crippen molar-refractivity contribution >= 4 is 46.0 Å². The smallest absolute Gasteiger partial charge is 0.268 e. The highest BCUT2D eigenvalue weighted by molar-refractivity contribution is 8.27. The molecule has 1 amide bonds. The number of alkyl halides is 3. The summed E-state index contributed by atoms with van der Waals surface area (Å²) in [5.74, 6) is -0.271. The van der Waals surface area contributed by atoms with Crippen LogP contribution in [0.15, 0.2) is 47.4 Å². The van der Waals surface area contributed by atoms with Gasteiger partial charge in [-0.3, -0.25) is 9.69 Å². The van der Waals surface area contributed by atoms with Crippen molar-refractivity contribution in [2.75, 3.05) is 4.90 Å². The molecule has 2 aromatic carbocycles. The molecule has 134 valence electrons. The zero-order valence-electron chi connectivity index (χ0n) is 13.9. The number of hydrogen-bond donors (Lipinski definition) is 0. The van der Waals surface area contributed by atoms with E-state index in [1.807, 2.05) is 32.0 Å². The molecule has 0 aromatic heterocycles. The summed E-state index contributed by atoms with van der Waals surface area (Å²) in [7, 11) is 0. The van der Waals surface area contributed by atoms with Gasteiger partial charge in [-0.25, -0.2) is 0 Å². The largest absolute Gasteiger partial charge is 0.416 e. The van der Waals surface area contributed by atoms with E-state index in [1.54, 1.807) is 6.08 Å². The monoisotopic (exact) mass is 393 g/mol. The number of amides is 1. The Labute approximate surface area is 158 Å². The maximum atomic E-state index is 12.8. The Bertz CT molecular complexity index is 917. The molecule has 0 atom stereocenters. The van der Waals surface area contributed by atoms with E-state index in [1.165, 1.54) is 17.0 Å². The van der Waals surface area contributed by atoms with Gasteiger partial charge in [0, 0.05) is 0 Å². The lowest BCUT2D eigenvalue weighted by atomic mass is 10.1. The van der Waals surface area contributed by atoms with Crippen molar-refractivity contribution in [3.05, 3.63) is 69.6 Å². The van der Waals surface area contributed by atoms with Gasteiger partial charge in [-0.15, -0.1) is 0 Å². The third-order valence-electron chi connectivity index (χ3n) is 3.92. The number of thiocarbonyl (C=S) groups is 1. The molecule has 2 aromatic rings. The Morgan fingerprint density at radius 1 is 1.08 bits per heavy atom. The van der Waals surface area contributed by atoms with E-state index in [9.17, 15) is 18.0 Å². The lowest BCUT2D eigenvalue weighted by Crippen LogP contribution is -2.28. The number of rotatable bonds is 2. The molecule has 0 N–H and O–H groups in total. The zero-order chi connectivity index (χ0) is 19.1. The van der Waals surface area contributed by atoms with Crippen LogP contribution >= 0.6 is 24.0 Å². The van der Waals surface area contributed by atoms with E-state index in [0.717, 1.165) is 35.0 Å². The summed E-state index contributed by atoms with van der Waals surface area (Å²) in [5, 5.41) is 0. The number of thioether (sulfide) groups is 1. The second-order valence-electron chi connectivity index (χ2n) is 5.93. The predicted octanol–water partition coefficient (Wildman–Crippen LogP) is 5.73. The van der Waals surface area contributed by atoms with Crippen LogP contribution in [0.2, 0.25) is 0 Å². The molecule has 1 fully saturated rings. The first-order valence-corrected chi connectivity index (χ1v) is 8.92. The molecule has 26 heavy (non-hydrogen) atoms. The molecular formula is C19H14F3NOS2. The molecule has 1 aliphatic rings. The Morgan fingerprint density at radius 2 is 1.73 bits per heavy atom. The third kappa shape index (κ3) is 3.68. The molecule has 0 saturated carbocycles. The number of hydrogen-bond acceptors (Lipinski definition) is 3. The van der Waals surface area contributed by atoms with E-state index in [2.05, 4.69) is 0 Å². The average molecular weight is 393 g/mol. The van der Waals surface area contributed by atoms with Crippen LogP contribution in [0, 0.1) is 13.8 Å². The first-order chi connectivity index (χ1) is 12.2. The quantitative estimate of drug-likeness (QED) is 0.480. The van der Waals surface area contributed by atoms with E-state index >= 15 is 0 Å². The third-order valence-corrected chi connectivity index (χ3v) is 5.22. The first-order valence-electron chi connectivity index (χ1n) is 7.69. The van der Waals surface area contributed by atoms with Gasteiger partial charge in [0.05, 0.1) is 16.2 Å². The van der Waals surface area contributed by atoms with Crippen LogP contribution in [-0.2, 0) is 11.0 Å². The van der Waals surface area contributed by atoms with Gasteiger partial charge in [-0.2, -0.15) is 13.2 Å². The number of nitrogens with zero attached hydrogens (tertiary/aromatic N) is 1. The van der Waals surface area contributed by atoms with Gasteiger partial charge in [-0.05, 0) is 49.2 Å². The number of carbonyl (C=O) groups excluding carboxylic acids is 1. The Kier molecular flexibility index (Phi) is 4.94. The van der Waals surface area contributed by atoms with E-state index in [-0.39, 0.29) is 5.91 Å². The molecule has 0 aliphatic carbocycles. The molecule has 1 aliphatic heterocycles. The fourth-order valence-electron chi connectivity index (χ4n) is 2.65. The normalized spacial score (nSPS) is 16.7. The lowest BCUT2D eigenvalue weighted by Gasteiger charge is -2.17. The maximum Gasteiger partial charge on any atom is 0.416 e. The van der Waals surface area contributed by atoms with E-state index in [0.29, 0.717) is 20.5 Å². The number of aryl methyl sites for hydroxylation is 2. The van der Waals surface area contributed by atoms with E-state index in [4.69, 9.17) is 12.2 Å². The van der Waals surface area contributed by atoms with Crippen molar-refractivity contribution in [3.8, 4) is 0 Å². The summed E-state index contributed by atoms with van der Waals surface area (Å²) in [4.78, 5) is 14.6. The summed E-state index contributed by atoms with van der Waals surface area (Å²) in [5.41, 5.74) is 2.51. The van der Waals surface area contributed by atoms with Crippen LogP contribution in [0.1, 0.15) is 22.3 Å². The van der Waals surface area contributed by atoms with Crippen molar-refractivity contribution < 1.29 is 18.0 Å². The Hall–Kier alpha value is -2.12. The minimum absolute atomic E-state index is 0.271. The van der Waals surface area contributed by atoms with Crippen LogP contribution in [0.4, 0.5) is 18.9 Å². The van der Waals surface area contributed by atoms with Crippen molar-refractivity contribution in [1.29, 1.82) is 0 Å². The fourth-order valence-corrected chi connectivity index (χ4v) is 3.94. The molecule has 7 heteroatoms. The highest BCUT2D eigenvalue weighted by Crippen LogP contribution is 2.37. The standard InChI is InChI=1S/C19H14F3NOS2/c1-11-3-8-15(12(2)9-11)23-17(24)16(26-18(23)25)10-13-4-6-14(7-5-13)19(20,21)22/h3-10H,1-2H3/b16-10+. The van der Waals surface area contributed by atoms with Crippen molar-refractivity contribution in [3.63, 3.8) is 0 Å². The molecule has 3 rings (SSSR count). The SMILES string of the molecule is Cc1ccc(N2C(=O)/C(=C\c3ccc(C(F)(F)F)cc3)SC2=S)c(C)c1. The highest BCUT2D eigenvalue weighted by atomic mass is 32.2. The van der Waals surface area contributed by atoms with Gasteiger partial charge in [-0.1, -0.05) is 53.8 Å². The molecular weight excluding hydrogens is 379 g/mol. The zero-order valence-corrected chi connectivity index (χ0v) is 15.6. The van der Waals surface area contributed by atoms with Gasteiger partial charge in [0.2, 0.25) is 0 Å². The van der Waals surface area contributed by atoms with Crippen LogP contribution in [0.5, 0.6) is 0 Å². The first kappa shape index (κ1) is 18.7. The van der Waals surface area contributed by atoms with E-state index < -0.39 is 11.7 Å². The van der Waals surface area contributed by atoms with Gasteiger partial charge in [0.1, 0.15) is 0 Å². The highest BCUT2D eigenvalue weighted by Gasteiger charge is 2.34. The molecule has 2 nitrogen and oxygen atoms in total. The predicted molar refractivity (Wildman–Crippen MR) is 103 cm³/mol. The van der Waals surface area contributed by atoms with Gasteiger partial charge < -0.3 is 0 Å². The van der Waals surface area contributed by atoms with Crippen molar-refractivity contribution in [2.45, 2.75) is 20.0 Å². The second kappa shape index (κ2) is 6.89. The van der Waals surface area contributed by atoms with Crippen LogP contribution < -0.4 is 4.90 Å². The number of benzene rings is 2. The van der Waals surface area contributed by atoms with Crippen LogP contribution in [0.3, 0.4) is 0 Å². The van der Waals surface area contributed by atoms with Gasteiger partial charge in [0.25, 0.3) is 5.91 Å². The Balaban J connectivity index is 1.90. The average Bonchev–Trinajstić information content (AvgIpc) is 2.82. The molecule has 0 radical (unpaired) electrons. The van der Waals surface area contributed by atoms with Gasteiger partial charge >= 0.3 is 6.18 Å². The molecule has 0 unspecified atom stereocenters. The van der Waals surface area contributed by atoms with Crippen molar-refractivity contribution in [1.82, 2.24) is 0 Å². The minimum atomic E-state index is -4.38. The summed E-state index contributed by atoms with van der Waals surface area (Å²) in [6.07, 6.45) is -2.83. The van der Waals surface area contributed by atoms with Crippen molar-refractivity contribution in [2.24, 2.45) is 0 Å². The van der Waals surface area contributed by atoms with Gasteiger partial charge in [0.15, 0.2) is 4.32 Å². The summed E-state index contributed by atoms with van der Waals surface area (Å²) in [6, 6.07) is 10.4. The molecule has 1 saturated heterocycles. The molecule has 0 bridgehead atoms. The molecule has 1 heterocycles. The topological polar surface area (TPSA) is 20.3 Å². The lowest BCUT2D eigenvalue weighted by molar-refractivity contribution is -0.137. The molecule has 0 spiro atoms. The van der Waals surface area contributed by atoms with Crippen LogP contribution in [0.25, 0.3) is 6.08 Å². The maximum absolute atomic E-state index is 12.8. The summed E-state index contributed by atoms with van der Waals surface area (Å²) in [6.45, 7) is 3.87. The fraction of sp³-hybridized carbons (Fsp3) is 0.158. The summed E-state index contributed by atoms with van der Waals surface area (Å²) < 4.78 is 38.3. The Morgan fingerprint density at radius 3 is 2.31 bits per heavy atom. The minimum Gasteiger partial charge on any atom is -0.268 e. The number of carbonyl (C=O) groups is 1. The number of anilines is 1.